The van der Waals surface area contributed by atoms with E-state index in [1.54, 1.807) is 6.07 Å². The maximum Gasteiger partial charge on any atom is 0.401 e. The Balaban J connectivity index is 1.26. The van der Waals surface area contributed by atoms with Gasteiger partial charge < -0.3 is 30.2 Å². The van der Waals surface area contributed by atoms with Crippen LogP contribution in [0.1, 0.15) is 23.2 Å². The normalized spacial score (nSPS) is 18.3. The van der Waals surface area contributed by atoms with E-state index in [1.165, 1.54) is 51.9 Å². The molecule has 0 aliphatic carbocycles. The topological polar surface area (TPSA) is 152 Å². The summed E-state index contributed by atoms with van der Waals surface area (Å²) >= 11 is 12.5. The minimum Gasteiger partial charge on any atom is -0.506 e. The second-order valence-corrected chi connectivity index (χ2v) is 12.2. The van der Waals surface area contributed by atoms with Crippen molar-refractivity contribution < 1.29 is 27.9 Å². The summed E-state index contributed by atoms with van der Waals surface area (Å²) in [5, 5.41) is 13.1. The number of aromatic nitrogens is 4. The number of benzene rings is 1. The van der Waals surface area contributed by atoms with E-state index in [0.29, 0.717) is 37.3 Å². The fourth-order valence-corrected chi connectivity index (χ4v) is 6.60. The van der Waals surface area contributed by atoms with Gasteiger partial charge in [0.25, 0.3) is 11.5 Å². The van der Waals surface area contributed by atoms with Crippen LogP contribution in [0.5, 0.6) is 5.75 Å². The number of aromatic hydroxyl groups is 1. The molecule has 0 saturated carbocycles. The van der Waals surface area contributed by atoms with Gasteiger partial charge in [-0.2, -0.15) is 13.2 Å². The van der Waals surface area contributed by atoms with Crippen molar-refractivity contribution in [3.8, 4) is 16.9 Å². The molecule has 1 aromatic carbocycles. The second-order valence-electron chi connectivity index (χ2n) is 11.4. The predicted octanol–water partition coefficient (Wildman–Crippen LogP) is 3.76. The number of hydrogen-bond acceptors (Lipinski definition) is 8. The Hall–Kier alpha value is -4.34. The number of rotatable bonds is 7. The summed E-state index contributed by atoms with van der Waals surface area (Å²) in [6, 6.07) is 3.70. The van der Waals surface area contributed by atoms with Crippen LogP contribution in [-0.2, 0) is 18.4 Å². The molecule has 242 valence electrons. The van der Waals surface area contributed by atoms with E-state index in [1.807, 2.05) is 4.90 Å². The van der Waals surface area contributed by atoms with Crippen molar-refractivity contribution in [3.63, 3.8) is 0 Å². The zero-order chi connectivity index (χ0) is 33.1. The van der Waals surface area contributed by atoms with Crippen LogP contribution < -0.4 is 21.5 Å². The van der Waals surface area contributed by atoms with Crippen molar-refractivity contribution in [2.45, 2.75) is 37.6 Å². The summed E-state index contributed by atoms with van der Waals surface area (Å²) in [4.78, 5) is 50.6. The number of pyridine rings is 1. The molecule has 2 amide bonds. The van der Waals surface area contributed by atoms with Gasteiger partial charge in [-0.25, -0.2) is 9.97 Å². The Bertz CT molecular complexity index is 1930. The van der Waals surface area contributed by atoms with Gasteiger partial charge in [0.15, 0.2) is 0 Å². The van der Waals surface area contributed by atoms with Crippen LogP contribution in [0.3, 0.4) is 0 Å². The van der Waals surface area contributed by atoms with Gasteiger partial charge in [0.05, 0.1) is 45.8 Å². The lowest BCUT2D eigenvalue weighted by atomic mass is 10.0. The Morgan fingerprint density at radius 2 is 1.80 bits per heavy atom. The lowest BCUT2D eigenvalue weighted by molar-refractivity contribution is -0.153. The molecular weight excluding hydrogens is 652 g/mol. The first kappa shape index (κ1) is 31.6. The van der Waals surface area contributed by atoms with Crippen molar-refractivity contribution in [1.29, 1.82) is 0 Å². The van der Waals surface area contributed by atoms with Crippen molar-refractivity contribution in [3.05, 3.63) is 62.9 Å². The zero-order valence-corrected chi connectivity index (χ0v) is 25.7. The van der Waals surface area contributed by atoms with E-state index in [0.717, 1.165) is 0 Å². The number of phenols is 1. The minimum atomic E-state index is -4.28. The number of aryl methyl sites for hydroxylation is 1. The number of hydrogen-bond donors (Lipinski definition) is 3. The molecule has 2 atom stereocenters. The van der Waals surface area contributed by atoms with Gasteiger partial charge in [0, 0.05) is 50.0 Å². The van der Waals surface area contributed by atoms with Gasteiger partial charge in [-0.05, 0) is 30.5 Å². The number of carbonyl (C=O) groups is 2. The van der Waals surface area contributed by atoms with Crippen LogP contribution in [-0.4, -0.2) is 78.8 Å². The van der Waals surface area contributed by atoms with E-state index in [4.69, 9.17) is 28.9 Å². The van der Waals surface area contributed by atoms with Crippen LogP contribution in [0.25, 0.3) is 22.2 Å². The van der Waals surface area contributed by atoms with Gasteiger partial charge in [0.2, 0.25) is 5.91 Å². The highest BCUT2D eigenvalue weighted by Gasteiger charge is 2.45. The number of nitrogens with one attached hydrogen (secondary N) is 1. The van der Waals surface area contributed by atoms with Gasteiger partial charge in [0.1, 0.15) is 23.8 Å². The zero-order valence-electron chi connectivity index (χ0n) is 24.2. The number of carbonyl (C=O) groups excluding carboxylic acids is 2. The van der Waals surface area contributed by atoms with Crippen LogP contribution in [0, 0.1) is 0 Å². The molecule has 2 aliphatic rings. The quantitative estimate of drug-likeness (QED) is 0.267. The molecule has 2 fully saturated rings. The number of piperazine rings is 1. The molecule has 3 aromatic heterocycles. The van der Waals surface area contributed by atoms with Crippen LogP contribution in [0.2, 0.25) is 10.0 Å². The lowest BCUT2D eigenvalue weighted by Gasteiger charge is -2.41. The van der Waals surface area contributed by atoms with Crippen molar-refractivity contribution >= 4 is 57.6 Å². The lowest BCUT2D eigenvalue weighted by Crippen LogP contribution is -2.56. The van der Waals surface area contributed by atoms with E-state index in [-0.39, 0.29) is 56.5 Å². The van der Waals surface area contributed by atoms with Gasteiger partial charge in [-0.15, -0.1) is 0 Å². The van der Waals surface area contributed by atoms with Crippen LogP contribution in [0.4, 0.5) is 24.7 Å². The monoisotopic (exact) mass is 678 g/mol. The van der Waals surface area contributed by atoms with Crippen molar-refractivity contribution in [2.24, 2.45) is 12.8 Å². The summed E-state index contributed by atoms with van der Waals surface area (Å²) in [7, 11) is 1.51. The molecule has 0 spiro atoms. The van der Waals surface area contributed by atoms with E-state index < -0.39 is 35.8 Å². The van der Waals surface area contributed by atoms with Gasteiger partial charge in [-0.1, -0.05) is 23.2 Å². The van der Waals surface area contributed by atoms with Crippen LogP contribution in [0.15, 0.2) is 41.7 Å². The number of amides is 2. The van der Waals surface area contributed by atoms with E-state index in [2.05, 4.69) is 15.3 Å². The molecular formula is C29H27Cl2F3N8O4. The Kier molecular flexibility index (Phi) is 8.11. The molecule has 2 aliphatic heterocycles. The highest BCUT2D eigenvalue weighted by molar-refractivity contribution is 6.34. The number of anilines is 2. The number of primary amides is 1. The maximum absolute atomic E-state index is 13.3. The molecule has 6 rings (SSSR count). The largest absolute Gasteiger partial charge is 0.506 e. The molecule has 17 heteroatoms. The number of halogens is 5. The smallest absolute Gasteiger partial charge is 0.401 e. The van der Waals surface area contributed by atoms with Crippen molar-refractivity contribution in [1.82, 2.24) is 24.0 Å². The highest BCUT2D eigenvalue weighted by atomic mass is 35.5. The maximum atomic E-state index is 13.3. The predicted molar refractivity (Wildman–Crippen MR) is 165 cm³/mol. The van der Waals surface area contributed by atoms with Gasteiger partial charge >= 0.3 is 6.18 Å². The second kappa shape index (κ2) is 11.8. The SMILES string of the molecule is Cn1cnc2c(c(-c3cc(Cl)c(O)c(C(N)=O)c3)cn2CC(=O)Nc2cc(N3C[C@H]4CC[C@@H](C3)N4CC(F)(F)F)ncc2Cl)c1=O. The van der Waals surface area contributed by atoms with Gasteiger partial charge in [-0.3, -0.25) is 19.3 Å². The summed E-state index contributed by atoms with van der Waals surface area (Å²) in [5.74, 6) is -1.49. The molecule has 5 heterocycles. The third-order valence-electron chi connectivity index (χ3n) is 8.33. The summed E-state index contributed by atoms with van der Waals surface area (Å²) < 4.78 is 42.1. The molecule has 2 bridgehead atoms. The molecule has 0 unspecified atom stereocenters. The number of alkyl halides is 3. The highest BCUT2D eigenvalue weighted by Crippen LogP contribution is 2.37. The first-order chi connectivity index (χ1) is 21.7. The molecule has 46 heavy (non-hydrogen) atoms. The molecule has 2 saturated heterocycles. The fraction of sp³-hybridized carbons (Fsp3) is 0.345. The summed E-state index contributed by atoms with van der Waals surface area (Å²) in [6.07, 6.45) is 1.20. The standard InChI is InChI=1S/C29H27Cl2F3N8O4/c1-39-13-37-27-24(28(39)46)18(14-4-17(26(35)45)25(44)19(30)5-14)10-41(27)11-23(43)38-21-6-22(36-7-20(21)31)40-8-15-2-3-16(9-40)42(15)12-29(32,33)34/h4-7,10,13,15-16,44H,2-3,8-9,11-12H2,1H3,(H2,35,45)(H,36,38,43)/t15-,16+. The number of nitrogens with zero attached hydrogens (tertiary/aromatic N) is 6. The molecule has 12 nitrogen and oxygen atoms in total. The first-order valence-electron chi connectivity index (χ1n) is 14.1. The third-order valence-corrected chi connectivity index (χ3v) is 8.91. The minimum absolute atomic E-state index is 0.138. The van der Waals surface area contributed by atoms with Crippen molar-refractivity contribution in [2.75, 3.05) is 29.9 Å². The average molecular weight is 679 g/mol. The fourth-order valence-electron chi connectivity index (χ4n) is 6.23. The molecule has 4 aromatic rings. The van der Waals surface area contributed by atoms with Crippen LogP contribution >= 0.6 is 23.2 Å². The Morgan fingerprint density at radius 3 is 2.46 bits per heavy atom. The number of nitrogens with two attached hydrogens (primary N) is 1. The summed E-state index contributed by atoms with van der Waals surface area (Å²) in [5.41, 5.74) is 5.72. The summed E-state index contributed by atoms with van der Waals surface area (Å²) in [6.45, 7) is -0.550. The Morgan fingerprint density at radius 1 is 1.11 bits per heavy atom. The first-order valence-corrected chi connectivity index (χ1v) is 14.9. The molecule has 0 radical (unpaired) electrons. The van der Waals surface area contributed by atoms with E-state index in [9.17, 15) is 32.7 Å². The average Bonchev–Trinajstić information content (AvgIpc) is 3.43. The van der Waals surface area contributed by atoms with E-state index >= 15 is 0 Å². The molecule has 4 N–H and O–H groups in total. The third kappa shape index (κ3) is 5.97. The Labute approximate surface area is 269 Å². The number of fused-ring (bicyclic) bond motifs is 3.